The molecule has 1 saturated heterocycles. The Morgan fingerprint density at radius 3 is 2.60 bits per heavy atom. The second kappa shape index (κ2) is 8.74. The van der Waals surface area contributed by atoms with E-state index in [1.54, 1.807) is 19.1 Å². The Labute approximate surface area is 174 Å². The minimum atomic E-state index is -0.277. The molecule has 158 valence electrons. The maximum absolute atomic E-state index is 13.8. The quantitative estimate of drug-likeness (QED) is 0.611. The fourth-order valence-electron chi connectivity index (χ4n) is 3.35. The van der Waals surface area contributed by atoms with E-state index in [2.05, 4.69) is 29.9 Å². The minimum absolute atomic E-state index is 0.277. The highest BCUT2D eigenvalue weighted by Gasteiger charge is 2.22. The van der Waals surface area contributed by atoms with Crippen LogP contribution in [0.4, 0.5) is 10.3 Å². The number of aryl methyl sites for hydroxylation is 2. The summed E-state index contributed by atoms with van der Waals surface area (Å²) in [6, 6.07) is 6.78. The van der Waals surface area contributed by atoms with E-state index in [0.717, 1.165) is 31.9 Å². The number of anilines is 1. The topological polar surface area (TPSA) is 80.4 Å². The average Bonchev–Trinajstić information content (AvgIpc) is 3.19. The molecule has 8 nitrogen and oxygen atoms in total. The molecular weight excluding hydrogens is 387 g/mol. The molecule has 0 aliphatic carbocycles. The third-order valence-corrected chi connectivity index (χ3v) is 5.02. The van der Waals surface area contributed by atoms with Crippen LogP contribution < -0.4 is 9.64 Å². The van der Waals surface area contributed by atoms with Crippen molar-refractivity contribution in [1.29, 1.82) is 0 Å². The first-order valence-corrected chi connectivity index (χ1v) is 10.1. The highest BCUT2D eigenvalue weighted by molar-refractivity contribution is 5.54. The predicted molar refractivity (Wildman–Crippen MR) is 110 cm³/mol. The smallest absolute Gasteiger partial charge is 0.241 e. The van der Waals surface area contributed by atoms with Gasteiger partial charge in [0.1, 0.15) is 5.82 Å². The summed E-state index contributed by atoms with van der Waals surface area (Å²) in [6.45, 7) is 9.94. The first-order chi connectivity index (χ1) is 14.5. The van der Waals surface area contributed by atoms with Crippen molar-refractivity contribution in [2.45, 2.75) is 27.3 Å². The summed E-state index contributed by atoms with van der Waals surface area (Å²) in [4.78, 5) is 17.9. The van der Waals surface area contributed by atoms with Crippen LogP contribution in [-0.4, -0.2) is 57.8 Å². The fourth-order valence-corrected chi connectivity index (χ4v) is 3.35. The molecule has 4 rings (SSSR count). The van der Waals surface area contributed by atoms with Crippen molar-refractivity contribution >= 4 is 5.95 Å². The Balaban J connectivity index is 1.36. The lowest BCUT2D eigenvalue weighted by atomic mass is 10.1. The maximum atomic E-state index is 13.8. The van der Waals surface area contributed by atoms with Crippen LogP contribution in [0.2, 0.25) is 0 Å². The molecule has 0 radical (unpaired) electrons. The van der Waals surface area contributed by atoms with Crippen molar-refractivity contribution in [3.8, 4) is 17.3 Å². The van der Waals surface area contributed by atoms with Crippen LogP contribution in [0, 0.1) is 19.7 Å². The summed E-state index contributed by atoms with van der Waals surface area (Å²) in [6.07, 6.45) is 0. The van der Waals surface area contributed by atoms with Crippen molar-refractivity contribution in [1.82, 2.24) is 25.0 Å². The van der Waals surface area contributed by atoms with Gasteiger partial charge in [0, 0.05) is 43.5 Å². The summed E-state index contributed by atoms with van der Waals surface area (Å²) in [5, 5.41) is 4.00. The molecule has 1 fully saturated rings. The molecule has 0 spiro atoms. The molecule has 0 bridgehead atoms. The molecule has 30 heavy (non-hydrogen) atoms. The second-order valence-corrected chi connectivity index (χ2v) is 7.32. The SMILES string of the molecule is CCOc1cc(C)nc(N2CCN(Cc3nc(-c4ccc(C)c(F)c4)no3)CC2)n1. The van der Waals surface area contributed by atoms with Crippen LogP contribution in [-0.2, 0) is 6.54 Å². The van der Waals surface area contributed by atoms with Crippen molar-refractivity contribution in [2.24, 2.45) is 0 Å². The molecule has 1 aliphatic rings. The van der Waals surface area contributed by atoms with Gasteiger partial charge in [0.25, 0.3) is 0 Å². The van der Waals surface area contributed by atoms with Crippen LogP contribution in [0.15, 0.2) is 28.8 Å². The number of hydrogen-bond donors (Lipinski definition) is 0. The van der Waals surface area contributed by atoms with Gasteiger partial charge >= 0.3 is 0 Å². The molecule has 1 aliphatic heterocycles. The van der Waals surface area contributed by atoms with Crippen LogP contribution in [0.1, 0.15) is 24.1 Å². The summed E-state index contributed by atoms with van der Waals surface area (Å²) in [5.74, 6) is 1.94. The molecule has 3 heterocycles. The van der Waals surface area contributed by atoms with E-state index in [9.17, 15) is 4.39 Å². The Kier molecular flexibility index (Phi) is 5.89. The average molecular weight is 412 g/mol. The Hall–Kier alpha value is -3.07. The summed E-state index contributed by atoms with van der Waals surface area (Å²) in [5.41, 5.74) is 2.09. The van der Waals surface area contributed by atoms with Crippen molar-refractivity contribution in [3.63, 3.8) is 0 Å². The number of benzene rings is 1. The highest BCUT2D eigenvalue weighted by Crippen LogP contribution is 2.21. The normalized spacial score (nSPS) is 14.9. The third kappa shape index (κ3) is 4.56. The predicted octanol–water partition coefficient (Wildman–Crippen LogP) is 3.00. The van der Waals surface area contributed by atoms with E-state index in [1.807, 2.05) is 19.9 Å². The van der Waals surface area contributed by atoms with Crippen LogP contribution in [0.5, 0.6) is 5.88 Å². The molecule has 0 saturated carbocycles. The van der Waals surface area contributed by atoms with Gasteiger partial charge in [-0.05, 0) is 32.4 Å². The number of nitrogens with zero attached hydrogens (tertiary/aromatic N) is 6. The molecular formula is C21H25FN6O2. The fraction of sp³-hybridized carbons (Fsp3) is 0.429. The first kappa shape index (κ1) is 20.2. The van der Waals surface area contributed by atoms with E-state index in [0.29, 0.717) is 47.8 Å². The van der Waals surface area contributed by atoms with Gasteiger partial charge < -0.3 is 14.2 Å². The number of aromatic nitrogens is 4. The Morgan fingerprint density at radius 2 is 1.87 bits per heavy atom. The lowest BCUT2D eigenvalue weighted by Crippen LogP contribution is -2.46. The van der Waals surface area contributed by atoms with Crippen LogP contribution in [0.3, 0.4) is 0 Å². The van der Waals surface area contributed by atoms with Gasteiger partial charge in [-0.3, -0.25) is 4.90 Å². The highest BCUT2D eigenvalue weighted by atomic mass is 19.1. The summed E-state index contributed by atoms with van der Waals surface area (Å²) >= 11 is 0. The molecule has 2 aromatic heterocycles. The van der Waals surface area contributed by atoms with E-state index in [-0.39, 0.29) is 5.82 Å². The molecule has 0 unspecified atom stereocenters. The molecule has 0 N–H and O–H groups in total. The lowest BCUT2D eigenvalue weighted by Gasteiger charge is -2.34. The number of halogens is 1. The largest absolute Gasteiger partial charge is 0.478 e. The minimum Gasteiger partial charge on any atom is -0.478 e. The van der Waals surface area contributed by atoms with Crippen LogP contribution >= 0.6 is 0 Å². The van der Waals surface area contributed by atoms with Crippen molar-refractivity contribution in [2.75, 3.05) is 37.7 Å². The third-order valence-electron chi connectivity index (χ3n) is 5.02. The number of rotatable bonds is 6. The van der Waals surface area contributed by atoms with Gasteiger partial charge in [0.05, 0.1) is 13.2 Å². The first-order valence-electron chi connectivity index (χ1n) is 10.1. The van der Waals surface area contributed by atoms with Gasteiger partial charge in [0.15, 0.2) is 0 Å². The second-order valence-electron chi connectivity index (χ2n) is 7.32. The monoisotopic (exact) mass is 412 g/mol. The van der Waals surface area contributed by atoms with Gasteiger partial charge in [-0.15, -0.1) is 0 Å². The van der Waals surface area contributed by atoms with Gasteiger partial charge in [-0.1, -0.05) is 17.3 Å². The molecule has 9 heteroatoms. The zero-order chi connectivity index (χ0) is 21.1. The number of hydrogen-bond acceptors (Lipinski definition) is 8. The van der Waals surface area contributed by atoms with Crippen LogP contribution in [0.25, 0.3) is 11.4 Å². The standard InChI is InChI=1S/C21H25FN6O2/c1-4-29-18-11-15(3)23-21(25-18)28-9-7-27(8-10-28)13-19-24-20(26-30-19)16-6-5-14(2)17(22)12-16/h5-6,11-12H,4,7-10,13H2,1-3H3. The molecule has 0 atom stereocenters. The number of piperazine rings is 1. The van der Waals surface area contributed by atoms with Gasteiger partial charge in [0.2, 0.25) is 23.5 Å². The van der Waals surface area contributed by atoms with E-state index in [1.165, 1.54) is 6.07 Å². The molecule has 1 aromatic carbocycles. The van der Waals surface area contributed by atoms with E-state index >= 15 is 0 Å². The summed E-state index contributed by atoms with van der Waals surface area (Å²) in [7, 11) is 0. The van der Waals surface area contributed by atoms with Gasteiger partial charge in [-0.25, -0.2) is 9.37 Å². The molecule has 0 amide bonds. The zero-order valence-electron chi connectivity index (χ0n) is 17.4. The van der Waals surface area contributed by atoms with E-state index < -0.39 is 0 Å². The van der Waals surface area contributed by atoms with Crippen molar-refractivity contribution in [3.05, 3.63) is 47.2 Å². The van der Waals surface area contributed by atoms with E-state index in [4.69, 9.17) is 9.26 Å². The Morgan fingerprint density at radius 1 is 1.07 bits per heavy atom. The molecule has 3 aromatic rings. The summed E-state index contributed by atoms with van der Waals surface area (Å²) < 4.78 is 24.7. The van der Waals surface area contributed by atoms with Crippen molar-refractivity contribution < 1.29 is 13.7 Å². The zero-order valence-corrected chi connectivity index (χ0v) is 17.4. The Bertz CT molecular complexity index is 1020. The van der Waals surface area contributed by atoms with Gasteiger partial charge in [-0.2, -0.15) is 9.97 Å². The maximum Gasteiger partial charge on any atom is 0.241 e. The lowest BCUT2D eigenvalue weighted by molar-refractivity contribution is 0.214. The number of ether oxygens (including phenoxy) is 1.